The molecule has 26 heavy (non-hydrogen) atoms. The van der Waals surface area contributed by atoms with Gasteiger partial charge in [-0.3, -0.25) is 9.59 Å². The van der Waals surface area contributed by atoms with E-state index in [1.165, 1.54) is 6.39 Å². The second kappa shape index (κ2) is 7.19. The van der Waals surface area contributed by atoms with Crippen LogP contribution in [-0.4, -0.2) is 48.4 Å². The van der Waals surface area contributed by atoms with Gasteiger partial charge in [0, 0.05) is 19.6 Å². The Balaban J connectivity index is 1.78. The highest BCUT2D eigenvalue weighted by Crippen LogP contribution is 2.36. The van der Waals surface area contributed by atoms with Crippen LogP contribution in [0.25, 0.3) is 0 Å². The summed E-state index contributed by atoms with van der Waals surface area (Å²) in [6.45, 7) is 4.84. The molecule has 0 radical (unpaired) electrons. The summed E-state index contributed by atoms with van der Waals surface area (Å²) in [4.78, 5) is 30.9. The van der Waals surface area contributed by atoms with Crippen LogP contribution in [0.2, 0.25) is 0 Å². The van der Waals surface area contributed by atoms with Crippen LogP contribution in [0.3, 0.4) is 0 Å². The average molecular weight is 357 g/mol. The number of carbonyl (C=O) groups is 2. The second-order valence-corrected chi connectivity index (χ2v) is 6.59. The zero-order valence-corrected chi connectivity index (χ0v) is 15.2. The molecule has 3 rings (SSSR count). The lowest BCUT2D eigenvalue weighted by Crippen LogP contribution is -2.65. The quantitative estimate of drug-likeness (QED) is 0.852. The minimum atomic E-state index is -0.643. The summed E-state index contributed by atoms with van der Waals surface area (Å²) in [5, 5.41) is 2.90. The van der Waals surface area contributed by atoms with Crippen molar-refractivity contribution in [1.82, 2.24) is 15.2 Å². The summed E-state index contributed by atoms with van der Waals surface area (Å²) in [5.74, 6) is 0.989. The molecule has 1 aromatic carbocycles. The maximum atomic E-state index is 12.7. The number of ether oxygens (including phenoxy) is 1. The van der Waals surface area contributed by atoms with Gasteiger partial charge in [-0.1, -0.05) is 12.1 Å². The van der Waals surface area contributed by atoms with Crippen molar-refractivity contribution in [2.45, 2.75) is 20.3 Å². The topological polar surface area (TPSA) is 84.7 Å². The minimum Gasteiger partial charge on any atom is -0.497 e. The van der Waals surface area contributed by atoms with Crippen molar-refractivity contribution in [3.8, 4) is 5.75 Å². The molecule has 1 saturated heterocycles. The summed E-state index contributed by atoms with van der Waals surface area (Å²) in [7, 11) is 1.61. The van der Waals surface area contributed by atoms with Crippen LogP contribution in [0, 0.1) is 12.3 Å². The first-order chi connectivity index (χ1) is 12.5. The number of methoxy groups -OCH3 is 1. The van der Waals surface area contributed by atoms with Crippen LogP contribution in [0.4, 0.5) is 0 Å². The molecule has 0 unspecified atom stereocenters. The highest BCUT2D eigenvalue weighted by molar-refractivity contribution is 5.96. The number of nitrogens with one attached hydrogen (secondary N) is 1. The Labute approximate surface area is 152 Å². The first-order valence-corrected chi connectivity index (χ1v) is 8.59. The lowest BCUT2D eigenvalue weighted by molar-refractivity contribution is -0.139. The van der Waals surface area contributed by atoms with Gasteiger partial charge in [0.25, 0.3) is 5.91 Å². The third-order valence-corrected chi connectivity index (χ3v) is 4.72. The van der Waals surface area contributed by atoms with Crippen LogP contribution in [0.1, 0.15) is 28.7 Å². The Hall–Kier alpha value is -2.83. The van der Waals surface area contributed by atoms with Gasteiger partial charge in [-0.05, 0) is 38.0 Å². The smallest absolute Gasteiger partial charge is 0.276 e. The molecule has 0 aliphatic carbocycles. The Morgan fingerprint density at radius 2 is 2.15 bits per heavy atom. The van der Waals surface area contributed by atoms with E-state index in [0.717, 1.165) is 11.3 Å². The van der Waals surface area contributed by atoms with Crippen LogP contribution in [0.5, 0.6) is 5.75 Å². The van der Waals surface area contributed by atoms with E-state index in [1.807, 2.05) is 31.2 Å². The number of oxazole rings is 1. The van der Waals surface area contributed by atoms with E-state index in [0.29, 0.717) is 37.5 Å². The van der Waals surface area contributed by atoms with E-state index < -0.39 is 5.41 Å². The van der Waals surface area contributed by atoms with Crippen molar-refractivity contribution >= 4 is 11.8 Å². The van der Waals surface area contributed by atoms with E-state index in [2.05, 4.69) is 10.3 Å². The lowest BCUT2D eigenvalue weighted by Gasteiger charge is -2.48. The molecule has 1 aliphatic rings. The largest absolute Gasteiger partial charge is 0.497 e. The summed E-state index contributed by atoms with van der Waals surface area (Å²) >= 11 is 0. The number of aromatic nitrogens is 1. The molecule has 1 aromatic heterocycles. The van der Waals surface area contributed by atoms with Gasteiger partial charge in [0.1, 0.15) is 11.5 Å². The standard InChI is InChI=1S/C19H23N3O4/c1-4-20-18(24)19(9-14-6-5-7-15(8-14)25-3)10-22(11-19)17(23)16-13(2)26-12-21-16/h5-8,12H,4,9-11H2,1-3H3,(H,20,24). The van der Waals surface area contributed by atoms with Gasteiger partial charge < -0.3 is 19.4 Å². The monoisotopic (exact) mass is 357 g/mol. The maximum Gasteiger partial charge on any atom is 0.276 e. The Kier molecular flexibility index (Phi) is 4.97. The third kappa shape index (κ3) is 3.29. The normalized spacial score (nSPS) is 15.3. The zero-order valence-electron chi connectivity index (χ0n) is 15.2. The Morgan fingerprint density at radius 1 is 1.38 bits per heavy atom. The summed E-state index contributed by atoms with van der Waals surface area (Å²) < 4.78 is 10.4. The maximum absolute atomic E-state index is 12.7. The van der Waals surface area contributed by atoms with Gasteiger partial charge in [-0.2, -0.15) is 0 Å². The number of amides is 2. The van der Waals surface area contributed by atoms with Crippen LogP contribution < -0.4 is 10.1 Å². The number of hydrogen-bond donors (Lipinski definition) is 1. The SMILES string of the molecule is CCNC(=O)C1(Cc2cccc(OC)c2)CN(C(=O)c2ncoc2C)C1. The van der Waals surface area contributed by atoms with E-state index in [4.69, 9.17) is 9.15 Å². The molecule has 2 amide bonds. The molecule has 0 bridgehead atoms. The molecular formula is C19H23N3O4. The molecular weight excluding hydrogens is 334 g/mol. The lowest BCUT2D eigenvalue weighted by atomic mass is 9.73. The zero-order chi connectivity index (χ0) is 18.7. The molecule has 1 aliphatic heterocycles. The number of nitrogens with zero attached hydrogens (tertiary/aromatic N) is 2. The molecule has 1 fully saturated rings. The average Bonchev–Trinajstić information content (AvgIpc) is 3.03. The van der Waals surface area contributed by atoms with Crippen molar-refractivity contribution in [3.05, 3.63) is 47.7 Å². The summed E-state index contributed by atoms with van der Waals surface area (Å²) in [6, 6.07) is 7.66. The van der Waals surface area contributed by atoms with Gasteiger partial charge in [0.2, 0.25) is 5.91 Å². The van der Waals surface area contributed by atoms with E-state index >= 15 is 0 Å². The Morgan fingerprint density at radius 3 is 2.77 bits per heavy atom. The van der Waals surface area contributed by atoms with Gasteiger partial charge in [0.15, 0.2) is 12.1 Å². The molecule has 0 spiro atoms. The number of likely N-dealkylation sites (tertiary alicyclic amines) is 1. The fraction of sp³-hybridized carbons (Fsp3) is 0.421. The fourth-order valence-electron chi connectivity index (χ4n) is 3.35. The molecule has 0 atom stereocenters. The predicted molar refractivity (Wildman–Crippen MR) is 95.0 cm³/mol. The number of hydrogen-bond acceptors (Lipinski definition) is 5. The molecule has 2 aromatic rings. The van der Waals surface area contributed by atoms with Crippen molar-refractivity contribution in [2.75, 3.05) is 26.7 Å². The third-order valence-electron chi connectivity index (χ3n) is 4.72. The van der Waals surface area contributed by atoms with Crippen molar-refractivity contribution in [3.63, 3.8) is 0 Å². The molecule has 2 heterocycles. The number of carbonyl (C=O) groups excluding carboxylic acids is 2. The number of benzene rings is 1. The van der Waals surface area contributed by atoms with Crippen molar-refractivity contribution in [1.29, 1.82) is 0 Å². The van der Waals surface area contributed by atoms with E-state index in [1.54, 1.807) is 18.9 Å². The van der Waals surface area contributed by atoms with Crippen molar-refractivity contribution in [2.24, 2.45) is 5.41 Å². The Bertz CT molecular complexity index is 809. The highest BCUT2D eigenvalue weighted by atomic mass is 16.5. The predicted octanol–water partition coefficient (Wildman–Crippen LogP) is 1.81. The summed E-state index contributed by atoms with van der Waals surface area (Å²) in [5.41, 5.74) is 0.659. The summed E-state index contributed by atoms with van der Waals surface area (Å²) in [6.07, 6.45) is 1.80. The molecule has 7 heteroatoms. The number of aryl methyl sites for hydroxylation is 1. The second-order valence-electron chi connectivity index (χ2n) is 6.59. The van der Waals surface area contributed by atoms with Gasteiger partial charge in [-0.15, -0.1) is 0 Å². The van der Waals surface area contributed by atoms with Crippen LogP contribution >= 0.6 is 0 Å². The van der Waals surface area contributed by atoms with Crippen LogP contribution in [-0.2, 0) is 11.2 Å². The van der Waals surface area contributed by atoms with Crippen LogP contribution in [0.15, 0.2) is 35.1 Å². The highest BCUT2D eigenvalue weighted by Gasteiger charge is 2.51. The minimum absolute atomic E-state index is 0.0382. The first-order valence-electron chi connectivity index (χ1n) is 8.59. The number of rotatable bonds is 6. The van der Waals surface area contributed by atoms with Crippen molar-refractivity contribution < 1.29 is 18.7 Å². The van der Waals surface area contributed by atoms with Gasteiger partial charge >= 0.3 is 0 Å². The van der Waals surface area contributed by atoms with E-state index in [9.17, 15) is 9.59 Å². The first kappa shape index (κ1) is 18.0. The van der Waals surface area contributed by atoms with E-state index in [-0.39, 0.29) is 11.8 Å². The molecule has 138 valence electrons. The van der Waals surface area contributed by atoms with Gasteiger partial charge in [0.05, 0.1) is 12.5 Å². The van der Waals surface area contributed by atoms with Gasteiger partial charge in [-0.25, -0.2) is 4.98 Å². The fourth-order valence-corrected chi connectivity index (χ4v) is 3.35. The molecule has 0 saturated carbocycles. The molecule has 7 nitrogen and oxygen atoms in total. The molecule has 1 N–H and O–H groups in total.